The predicted molar refractivity (Wildman–Crippen MR) is 104 cm³/mol. The Morgan fingerprint density at radius 2 is 1.77 bits per heavy atom. The van der Waals surface area contributed by atoms with Gasteiger partial charge in [-0.25, -0.2) is 4.98 Å². The van der Waals surface area contributed by atoms with E-state index >= 15 is 0 Å². The van der Waals surface area contributed by atoms with Crippen molar-refractivity contribution in [3.63, 3.8) is 0 Å². The van der Waals surface area contributed by atoms with Crippen LogP contribution >= 0.6 is 11.8 Å². The normalized spacial score (nSPS) is 10.7. The number of amides is 2. The molecule has 26 heavy (non-hydrogen) atoms. The third-order valence-corrected chi connectivity index (χ3v) is 4.75. The van der Waals surface area contributed by atoms with E-state index in [9.17, 15) is 9.59 Å². The van der Waals surface area contributed by atoms with Crippen molar-refractivity contribution in [3.8, 4) is 0 Å². The molecule has 0 aliphatic carbocycles. The second kappa shape index (κ2) is 8.53. The number of imidazole rings is 1. The summed E-state index contributed by atoms with van der Waals surface area (Å²) in [5.41, 5.74) is 2.68. The summed E-state index contributed by atoms with van der Waals surface area (Å²) in [7, 11) is 0. The fourth-order valence-electron chi connectivity index (χ4n) is 2.56. The van der Waals surface area contributed by atoms with Crippen LogP contribution in [0, 0.1) is 0 Å². The van der Waals surface area contributed by atoms with Gasteiger partial charge in [0.25, 0.3) is 0 Å². The zero-order valence-electron chi connectivity index (χ0n) is 14.4. The van der Waals surface area contributed by atoms with E-state index in [-0.39, 0.29) is 24.1 Å². The molecule has 6 nitrogen and oxygen atoms in total. The average Bonchev–Trinajstić information content (AvgIpc) is 3.03. The summed E-state index contributed by atoms with van der Waals surface area (Å²) in [4.78, 5) is 28.5. The van der Waals surface area contributed by atoms with Gasteiger partial charge in [0.1, 0.15) is 0 Å². The molecule has 0 unspecified atom stereocenters. The molecule has 1 aromatic heterocycles. The maximum Gasteiger partial charge on any atom is 0.243 e. The molecule has 0 spiro atoms. The maximum atomic E-state index is 12.0. The van der Waals surface area contributed by atoms with Gasteiger partial charge in [-0.3, -0.25) is 9.59 Å². The lowest BCUT2D eigenvalue weighted by Crippen LogP contribution is -2.33. The monoisotopic (exact) mass is 368 g/mol. The number of para-hydroxylation sites is 3. The molecule has 0 radical (unpaired) electrons. The summed E-state index contributed by atoms with van der Waals surface area (Å²) >= 11 is 1.37. The number of nitrogens with zero attached hydrogens (tertiary/aromatic N) is 2. The van der Waals surface area contributed by atoms with Crippen molar-refractivity contribution in [2.24, 2.45) is 0 Å². The molecule has 2 N–H and O–H groups in total. The Bertz CT molecular complexity index is 908. The summed E-state index contributed by atoms with van der Waals surface area (Å²) in [6.45, 7) is 2.77. The van der Waals surface area contributed by atoms with Gasteiger partial charge in [0.2, 0.25) is 11.8 Å². The van der Waals surface area contributed by atoms with Crippen LogP contribution in [0.25, 0.3) is 11.0 Å². The van der Waals surface area contributed by atoms with E-state index in [1.54, 1.807) is 12.1 Å². The molecule has 0 bridgehead atoms. The topological polar surface area (TPSA) is 76.0 Å². The van der Waals surface area contributed by atoms with Crippen LogP contribution in [-0.2, 0) is 16.1 Å². The van der Waals surface area contributed by atoms with Gasteiger partial charge in [-0.05, 0) is 31.2 Å². The third kappa shape index (κ3) is 4.43. The van der Waals surface area contributed by atoms with Crippen LogP contribution in [0.4, 0.5) is 5.69 Å². The van der Waals surface area contributed by atoms with E-state index in [0.717, 1.165) is 22.7 Å². The minimum atomic E-state index is -0.254. The molecule has 134 valence electrons. The molecule has 0 saturated heterocycles. The van der Waals surface area contributed by atoms with Gasteiger partial charge in [-0.2, -0.15) is 0 Å². The first kappa shape index (κ1) is 18.0. The smallest absolute Gasteiger partial charge is 0.243 e. The van der Waals surface area contributed by atoms with Crippen LogP contribution in [0.2, 0.25) is 0 Å². The molecule has 1 heterocycles. The standard InChI is InChI=1S/C19H20N4O2S/c1-2-23-16-11-7-6-10-15(16)22-19(23)26-13-18(25)20-12-17(24)21-14-8-4-3-5-9-14/h3-11H,2,12-13H2,1H3,(H,20,25)(H,21,24). The largest absolute Gasteiger partial charge is 0.346 e. The second-order valence-electron chi connectivity index (χ2n) is 5.61. The van der Waals surface area contributed by atoms with Gasteiger partial charge >= 0.3 is 0 Å². The van der Waals surface area contributed by atoms with Gasteiger partial charge < -0.3 is 15.2 Å². The molecular weight excluding hydrogens is 348 g/mol. The zero-order chi connectivity index (χ0) is 18.4. The first-order chi connectivity index (χ1) is 12.7. The zero-order valence-corrected chi connectivity index (χ0v) is 15.3. The Morgan fingerprint density at radius 1 is 1.04 bits per heavy atom. The Kier molecular flexibility index (Phi) is 5.91. The highest BCUT2D eigenvalue weighted by molar-refractivity contribution is 7.99. The van der Waals surface area contributed by atoms with Gasteiger partial charge in [-0.15, -0.1) is 0 Å². The van der Waals surface area contributed by atoms with Crippen LogP contribution in [-0.4, -0.2) is 33.7 Å². The number of aryl methyl sites for hydroxylation is 1. The van der Waals surface area contributed by atoms with E-state index in [2.05, 4.69) is 20.2 Å². The number of fused-ring (bicyclic) bond motifs is 1. The molecule has 0 aliphatic heterocycles. The van der Waals surface area contributed by atoms with Gasteiger partial charge in [0.05, 0.1) is 23.3 Å². The van der Waals surface area contributed by atoms with Crippen LogP contribution in [0.1, 0.15) is 6.92 Å². The number of hydrogen-bond acceptors (Lipinski definition) is 4. The summed E-state index contributed by atoms with van der Waals surface area (Å²) in [5, 5.41) is 6.17. The Balaban J connectivity index is 1.50. The minimum absolute atomic E-state index is 0.0571. The Labute approximate surface area is 156 Å². The summed E-state index contributed by atoms with van der Waals surface area (Å²) in [6.07, 6.45) is 0. The highest BCUT2D eigenvalue weighted by Crippen LogP contribution is 2.23. The number of rotatable bonds is 7. The molecule has 2 amide bonds. The van der Waals surface area contributed by atoms with Crippen LogP contribution in [0.15, 0.2) is 59.8 Å². The van der Waals surface area contributed by atoms with E-state index in [1.165, 1.54) is 11.8 Å². The average molecular weight is 368 g/mol. The molecule has 3 aromatic rings. The lowest BCUT2D eigenvalue weighted by atomic mass is 10.3. The molecule has 0 saturated carbocycles. The number of thioether (sulfide) groups is 1. The Morgan fingerprint density at radius 3 is 2.54 bits per heavy atom. The summed E-state index contributed by atoms with van der Waals surface area (Å²) in [5.74, 6) is -0.245. The van der Waals surface area contributed by atoms with Crippen LogP contribution in [0.5, 0.6) is 0 Å². The quantitative estimate of drug-likeness (QED) is 0.629. The molecular formula is C19H20N4O2S. The Hall–Kier alpha value is -2.80. The highest BCUT2D eigenvalue weighted by atomic mass is 32.2. The number of carbonyl (C=O) groups excluding carboxylic acids is 2. The van der Waals surface area contributed by atoms with Crippen molar-refractivity contribution in [3.05, 3.63) is 54.6 Å². The SMILES string of the molecule is CCn1c(SCC(=O)NCC(=O)Nc2ccccc2)nc2ccccc21. The number of hydrogen-bond donors (Lipinski definition) is 2. The van der Waals surface area contributed by atoms with Crippen molar-refractivity contribution in [1.82, 2.24) is 14.9 Å². The van der Waals surface area contributed by atoms with Gasteiger partial charge in [-0.1, -0.05) is 42.1 Å². The number of aromatic nitrogens is 2. The molecule has 0 fully saturated rings. The number of benzene rings is 2. The first-order valence-electron chi connectivity index (χ1n) is 8.37. The lowest BCUT2D eigenvalue weighted by Gasteiger charge is -2.07. The molecule has 0 atom stereocenters. The lowest BCUT2D eigenvalue weighted by molar-refractivity contribution is -0.122. The molecule has 7 heteroatoms. The number of carbonyl (C=O) groups is 2. The number of anilines is 1. The van der Waals surface area contributed by atoms with E-state index in [0.29, 0.717) is 5.69 Å². The van der Waals surface area contributed by atoms with Crippen molar-refractivity contribution >= 4 is 40.3 Å². The predicted octanol–water partition coefficient (Wildman–Crippen LogP) is 2.90. The number of nitrogens with one attached hydrogen (secondary N) is 2. The molecule has 0 aliphatic rings. The van der Waals surface area contributed by atoms with Gasteiger partial charge in [0, 0.05) is 12.2 Å². The summed E-state index contributed by atoms with van der Waals surface area (Å²) < 4.78 is 2.08. The van der Waals surface area contributed by atoms with Crippen molar-refractivity contribution < 1.29 is 9.59 Å². The van der Waals surface area contributed by atoms with Crippen molar-refractivity contribution in [2.45, 2.75) is 18.6 Å². The van der Waals surface area contributed by atoms with E-state index in [1.807, 2.05) is 49.4 Å². The highest BCUT2D eigenvalue weighted by Gasteiger charge is 2.12. The van der Waals surface area contributed by atoms with E-state index in [4.69, 9.17) is 0 Å². The van der Waals surface area contributed by atoms with E-state index < -0.39 is 0 Å². The second-order valence-corrected chi connectivity index (χ2v) is 6.55. The fourth-order valence-corrected chi connectivity index (χ4v) is 3.46. The minimum Gasteiger partial charge on any atom is -0.346 e. The van der Waals surface area contributed by atoms with Crippen LogP contribution in [0.3, 0.4) is 0 Å². The van der Waals surface area contributed by atoms with Crippen molar-refractivity contribution in [1.29, 1.82) is 0 Å². The summed E-state index contributed by atoms with van der Waals surface area (Å²) in [6, 6.07) is 17.0. The maximum absolute atomic E-state index is 12.0. The molecule has 3 rings (SSSR count). The van der Waals surface area contributed by atoms with Crippen LogP contribution < -0.4 is 10.6 Å². The fraction of sp³-hybridized carbons (Fsp3) is 0.211. The third-order valence-electron chi connectivity index (χ3n) is 3.77. The van der Waals surface area contributed by atoms with Crippen molar-refractivity contribution in [2.75, 3.05) is 17.6 Å². The van der Waals surface area contributed by atoms with Gasteiger partial charge in [0.15, 0.2) is 5.16 Å². The first-order valence-corrected chi connectivity index (χ1v) is 9.35. The molecule has 2 aromatic carbocycles.